The fraction of sp³-hybridized carbons (Fsp3) is 0.364. The molecule has 0 heterocycles. The number of carbonyl (C=O) groups excluding carboxylic acids is 1. The van der Waals surface area contributed by atoms with Gasteiger partial charge in [-0.3, -0.25) is 4.79 Å². The molecule has 17 heavy (non-hydrogen) atoms. The number of hydrogen-bond acceptors (Lipinski definition) is 3. The summed E-state index contributed by atoms with van der Waals surface area (Å²) in [6.45, 7) is 3.57. The molecule has 4 nitrogen and oxygen atoms in total. The first-order chi connectivity index (χ1) is 7.88. The lowest BCUT2D eigenvalue weighted by molar-refractivity contribution is 0.101. The normalized spacial score (nSPS) is 11.5. The van der Waals surface area contributed by atoms with Crippen molar-refractivity contribution in [2.75, 3.05) is 6.54 Å². The van der Waals surface area contributed by atoms with Crippen molar-refractivity contribution in [1.29, 1.82) is 0 Å². The smallest absolute Gasteiger partial charge is 0.240 e. The van der Waals surface area contributed by atoms with Gasteiger partial charge in [-0.15, -0.1) is 0 Å². The highest BCUT2D eigenvalue weighted by Gasteiger charge is 2.16. The predicted octanol–water partition coefficient (Wildman–Crippen LogP) is 2.23. The summed E-state index contributed by atoms with van der Waals surface area (Å²) in [5.74, 6) is -0.262. The van der Waals surface area contributed by atoms with E-state index in [1.165, 1.54) is 25.1 Å². The molecule has 0 fully saturated rings. The zero-order valence-corrected chi connectivity index (χ0v) is 11.2. The third-order valence-corrected chi connectivity index (χ3v) is 3.96. The van der Waals surface area contributed by atoms with E-state index in [0.29, 0.717) is 13.0 Å². The van der Waals surface area contributed by atoms with Crippen LogP contribution in [0.3, 0.4) is 0 Å². The molecule has 0 radical (unpaired) electrons. The van der Waals surface area contributed by atoms with Crippen molar-refractivity contribution in [1.82, 2.24) is 4.72 Å². The van der Waals surface area contributed by atoms with Crippen LogP contribution < -0.4 is 4.72 Å². The van der Waals surface area contributed by atoms with Gasteiger partial charge >= 0.3 is 0 Å². The van der Waals surface area contributed by atoms with Crippen LogP contribution in [0.2, 0.25) is 5.02 Å². The summed E-state index contributed by atoms with van der Waals surface area (Å²) in [4.78, 5) is 11.3. The van der Waals surface area contributed by atoms with Crippen molar-refractivity contribution < 1.29 is 13.2 Å². The third kappa shape index (κ3) is 3.52. The lowest BCUT2D eigenvalue weighted by atomic mass is 10.1. The first-order valence-corrected chi connectivity index (χ1v) is 7.04. The van der Waals surface area contributed by atoms with Gasteiger partial charge < -0.3 is 0 Å². The van der Waals surface area contributed by atoms with Gasteiger partial charge in [-0.25, -0.2) is 13.1 Å². The van der Waals surface area contributed by atoms with Crippen molar-refractivity contribution in [2.24, 2.45) is 0 Å². The van der Waals surface area contributed by atoms with Crippen LogP contribution in [-0.2, 0) is 10.0 Å². The monoisotopic (exact) mass is 275 g/mol. The second kappa shape index (κ2) is 5.62. The van der Waals surface area contributed by atoms with E-state index in [2.05, 4.69) is 4.72 Å². The van der Waals surface area contributed by atoms with Crippen LogP contribution in [-0.4, -0.2) is 20.7 Å². The van der Waals surface area contributed by atoms with Gasteiger partial charge in [0.2, 0.25) is 10.0 Å². The van der Waals surface area contributed by atoms with E-state index >= 15 is 0 Å². The van der Waals surface area contributed by atoms with E-state index in [0.717, 1.165) is 0 Å². The van der Waals surface area contributed by atoms with Crippen LogP contribution in [0.5, 0.6) is 0 Å². The highest BCUT2D eigenvalue weighted by Crippen LogP contribution is 2.20. The Kier molecular flexibility index (Phi) is 4.68. The Morgan fingerprint density at radius 3 is 2.59 bits per heavy atom. The topological polar surface area (TPSA) is 63.2 Å². The maximum Gasteiger partial charge on any atom is 0.240 e. The van der Waals surface area contributed by atoms with Crippen molar-refractivity contribution in [3.63, 3.8) is 0 Å². The number of carbonyl (C=O) groups is 1. The van der Waals surface area contributed by atoms with Crippen LogP contribution in [0.25, 0.3) is 0 Å². The lowest BCUT2D eigenvalue weighted by Gasteiger charge is -2.07. The van der Waals surface area contributed by atoms with Gasteiger partial charge in [0, 0.05) is 12.1 Å². The van der Waals surface area contributed by atoms with E-state index in [4.69, 9.17) is 11.6 Å². The SMILES string of the molecule is CCCNS(=O)(=O)c1ccc(Cl)c(C(C)=O)c1. The zero-order chi connectivity index (χ0) is 13.1. The summed E-state index contributed by atoms with van der Waals surface area (Å²) in [5, 5.41) is 0.256. The first-order valence-electron chi connectivity index (χ1n) is 5.18. The maximum absolute atomic E-state index is 11.8. The minimum Gasteiger partial charge on any atom is -0.294 e. The van der Waals surface area contributed by atoms with E-state index in [1.54, 1.807) is 0 Å². The van der Waals surface area contributed by atoms with Crippen LogP contribution in [0, 0.1) is 0 Å². The van der Waals surface area contributed by atoms with Crippen molar-refractivity contribution in [3.05, 3.63) is 28.8 Å². The molecular weight excluding hydrogens is 262 g/mol. The Hall–Kier alpha value is -0.910. The Balaban J connectivity index is 3.16. The van der Waals surface area contributed by atoms with Crippen LogP contribution in [0.15, 0.2) is 23.1 Å². The first kappa shape index (κ1) is 14.2. The minimum atomic E-state index is -3.56. The lowest BCUT2D eigenvalue weighted by Crippen LogP contribution is -2.24. The van der Waals surface area contributed by atoms with Gasteiger partial charge in [0.15, 0.2) is 5.78 Å². The Morgan fingerprint density at radius 2 is 2.06 bits per heavy atom. The molecule has 0 spiro atoms. The molecule has 1 aromatic carbocycles. The molecule has 1 rings (SSSR count). The Morgan fingerprint density at radius 1 is 1.41 bits per heavy atom. The van der Waals surface area contributed by atoms with Gasteiger partial charge in [-0.2, -0.15) is 0 Å². The van der Waals surface area contributed by atoms with Gasteiger partial charge in [0.05, 0.1) is 9.92 Å². The van der Waals surface area contributed by atoms with Crippen LogP contribution in [0.4, 0.5) is 0 Å². The van der Waals surface area contributed by atoms with Crippen molar-refractivity contribution in [3.8, 4) is 0 Å². The summed E-state index contributed by atoms with van der Waals surface area (Å²) in [6, 6.07) is 4.09. The summed E-state index contributed by atoms with van der Waals surface area (Å²) in [6.07, 6.45) is 0.701. The van der Waals surface area contributed by atoms with E-state index in [9.17, 15) is 13.2 Å². The predicted molar refractivity (Wildman–Crippen MR) is 66.9 cm³/mol. The highest BCUT2D eigenvalue weighted by molar-refractivity contribution is 7.89. The zero-order valence-electron chi connectivity index (χ0n) is 9.66. The van der Waals surface area contributed by atoms with E-state index < -0.39 is 10.0 Å². The molecule has 0 aliphatic carbocycles. The highest BCUT2D eigenvalue weighted by atomic mass is 35.5. The number of rotatable bonds is 5. The molecule has 6 heteroatoms. The van der Waals surface area contributed by atoms with Crippen LogP contribution in [0.1, 0.15) is 30.6 Å². The molecule has 1 aromatic rings. The standard InChI is InChI=1S/C11H14ClNO3S/c1-3-6-13-17(15,16)9-4-5-11(12)10(7-9)8(2)14/h4-5,7,13H,3,6H2,1-2H3. The largest absolute Gasteiger partial charge is 0.294 e. The summed E-state index contributed by atoms with van der Waals surface area (Å²) in [7, 11) is -3.56. The van der Waals surface area contributed by atoms with Crippen LogP contribution >= 0.6 is 11.6 Å². The minimum absolute atomic E-state index is 0.0561. The molecular formula is C11H14ClNO3S. The van der Waals surface area contributed by atoms with Gasteiger partial charge in [-0.05, 0) is 31.5 Å². The van der Waals surface area contributed by atoms with Crippen molar-refractivity contribution >= 4 is 27.4 Å². The fourth-order valence-electron chi connectivity index (χ4n) is 1.26. The number of hydrogen-bond donors (Lipinski definition) is 1. The average molecular weight is 276 g/mol. The quantitative estimate of drug-likeness (QED) is 0.838. The molecule has 1 N–H and O–H groups in total. The molecule has 94 valence electrons. The average Bonchev–Trinajstić information content (AvgIpc) is 2.26. The summed E-state index contributed by atoms with van der Waals surface area (Å²) in [5.41, 5.74) is 0.214. The van der Waals surface area contributed by atoms with Crippen molar-refractivity contribution in [2.45, 2.75) is 25.2 Å². The van der Waals surface area contributed by atoms with Gasteiger partial charge in [0.1, 0.15) is 0 Å². The second-order valence-corrected chi connectivity index (χ2v) is 5.77. The molecule has 0 aliphatic rings. The molecule has 0 aromatic heterocycles. The number of nitrogens with one attached hydrogen (secondary N) is 1. The number of benzene rings is 1. The molecule has 0 saturated heterocycles. The molecule has 0 unspecified atom stereocenters. The number of ketones is 1. The molecule has 0 aliphatic heterocycles. The number of Topliss-reactive ketones (excluding diaryl/α,β-unsaturated/α-hetero) is 1. The second-order valence-electron chi connectivity index (χ2n) is 3.60. The molecule has 0 amide bonds. The van der Waals surface area contributed by atoms with E-state index in [-0.39, 0.29) is 21.3 Å². The Bertz CT molecular complexity index is 526. The summed E-state index contributed by atoms with van der Waals surface area (Å²) >= 11 is 5.81. The maximum atomic E-state index is 11.8. The Labute approximate surface area is 106 Å². The number of halogens is 1. The molecule has 0 saturated carbocycles. The van der Waals surface area contributed by atoms with Gasteiger partial charge in [0.25, 0.3) is 0 Å². The number of sulfonamides is 1. The molecule has 0 atom stereocenters. The summed E-state index contributed by atoms with van der Waals surface area (Å²) < 4.78 is 26.1. The fourth-order valence-corrected chi connectivity index (χ4v) is 2.67. The molecule has 0 bridgehead atoms. The van der Waals surface area contributed by atoms with E-state index in [1.807, 2.05) is 6.92 Å². The third-order valence-electron chi connectivity index (χ3n) is 2.17. The van der Waals surface area contributed by atoms with Gasteiger partial charge in [-0.1, -0.05) is 18.5 Å².